The van der Waals surface area contributed by atoms with Gasteiger partial charge in [0.1, 0.15) is 0 Å². The Balaban J connectivity index is 1.96. The van der Waals surface area contributed by atoms with Gasteiger partial charge in [0, 0.05) is 25.2 Å². The predicted octanol–water partition coefficient (Wildman–Crippen LogP) is 3.55. The lowest BCUT2D eigenvalue weighted by Gasteiger charge is -2.40. The van der Waals surface area contributed by atoms with E-state index in [4.69, 9.17) is 0 Å². The van der Waals surface area contributed by atoms with Gasteiger partial charge in [-0.05, 0) is 36.5 Å². The lowest BCUT2D eigenvalue weighted by molar-refractivity contribution is 0.129. The van der Waals surface area contributed by atoms with E-state index in [1.165, 1.54) is 43.0 Å². The molecule has 1 aliphatic heterocycles. The highest BCUT2D eigenvalue weighted by molar-refractivity contribution is 7.99. The van der Waals surface area contributed by atoms with E-state index in [0.29, 0.717) is 12.1 Å². The number of thioether (sulfide) groups is 1. The summed E-state index contributed by atoms with van der Waals surface area (Å²) >= 11 is 2.06. The zero-order chi connectivity index (χ0) is 14.2. The average molecular weight is 292 g/mol. The SMILES string of the molecule is CCSCCCN1CC(CC)NCC1c1ccccc1. The fraction of sp³-hybridized carbons (Fsp3) is 0.647. The Kier molecular flexibility index (Phi) is 6.91. The second kappa shape index (κ2) is 8.71. The summed E-state index contributed by atoms with van der Waals surface area (Å²) in [7, 11) is 0. The third-order valence-electron chi connectivity index (χ3n) is 4.11. The summed E-state index contributed by atoms with van der Waals surface area (Å²) in [5.74, 6) is 2.53. The second-order valence-electron chi connectivity index (χ2n) is 5.49. The van der Waals surface area contributed by atoms with Crippen molar-refractivity contribution in [3.05, 3.63) is 35.9 Å². The lowest BCUT2D eigenvalue weighted by atomic mass is 10.00. The molecular formula is C17H28N2S. The fourth-order valence-corrected chi connectivity index (χ4v) is 3.54. The predicted molar refractivity (Wildman–Crippen MR) is 90.5 cm³/mol. The van der Waals surface area contributed by atoms with Crippen molar-refractivity contribution in [2.45, 2.75) is 38.8 Å². The summed E-state index contributed by atoms with van der Waals surface area (Å²) < 4.78 is 0. The van der Waals surface area contributed by atoms with E-state index in [9.17, 15) is 0 Å². The van der Waals surface area contributed by atoms with Crippen molar-refractivity contribution in [2.75, 3.05) is 31.1 Å². The Morgan fingerprint density at radius 3 is 2.75 bits per heavy atom. The van der Waals surface area contributed by atoms with Gasteiger partial charge in [-0.2, -0.15) is 11.8 Å². The summed E-state index contributed by atoms with van der Waals surface area (Å²) in [4.78, 5) is 2.69. The molecule has 0 radical (unpaired) electrons. The van der Waals surface area contributed by atoms with E-state index in [1.807, 2.05) is 0 Å². The largest absolute Gasteiger partial charge is 0.311 e. The van der Waals surface area contributed by atoms with Crippen LogP contribution in [0.3, 0.4) is 0 Å². The molecule has 0 saturated carbocycles. The van der Waals surface area contributed by atoms with Gasteiger partial charge in [0.05, 0.1) is 0 Å². The maximum absolute atomic E-state index is 3.70. The smallest absolute Gasteiger partial charge is 0.0473 e. The Morgan fingerprint density at radius 2 is 2.05 bits per heavy atom. The standard InChI is InChI=1S/C17H28N2S/c1-3-16-14-19(11-8-12-20-4-2)17(13-18-16)15-9-6-5-7-10-15/h5-7,9-10,16-18H,3-4,8,11-14H2,1-2H3. The van der Waals surface area contributed by atoms with Gasteiger partial charge in [0.15, 0.2) is 0 Å². The van der Waals surface area contributed by atoms with Crippen LogP contribution in [0.25, 0.3) is 0 Å². The Labute approximate surface area is 128 Å². The van der Waals surface area contributed by atoms with Crippen molar-refractivity contribution >= 4 is 11.8 Å². The molecule has 1 saturated heterocycles. The zero-order valence-electron chi connectivity index (χ0n) is 12.8. The fourth-order valence-electron chi connectivity index (χ4n) is 2.92. The first-order valence-corrected chi connectivity index (χ1v) is 9.10. The molecule has 1 N–H and O–H groups in total. The quantitative estimate of drug-likeness (QED) is 0.774. The van der Waals surface area contributed by atoms with Crippen LogP contribution in [0.4, 0.5) is 0 Å². The van der Waals surface area contributed by atoms with Crippen molar-refractivity contribution in [3.63, 3.8) is 0 Å². The zero-order valence-corrected chi connectivity index (χ0v) is 13.7. The maximum Gasteiger partial charge on any atom is 0.0473 e. The first kappa shape index (κ1) is 15.9. The Bertz CT molecular complexity index is 369. The molecule has 0 spiro atoms. The molecule has 112 valence electrons. The molecule has 1 aromatic rings. The van der Waals surface area contributed by atoms with E-state index in [0.717, 1.165) is 6.54 Å². The third-order valence-corrected chi connectivity index (χ3v) is 5.10. The molecule has 20 heavy (non-hydrogen) atoms. The Morgan fingerprint density at radius 1 is 1.25 bits per heavy atom. The summed E-state index contributed by atoms with van der Waals surface area (Å²) in [6.07, 6.45) is 2.53. The minimum atomic E-state index is 0.547. The molecule has 3 heteroatoms. The lowest BCUT2D eigenvalue weighted by Crippen LogP contribution is -2.52. The van der Waals surface area contributed by atoms with Crippen molar-refractivity contribution in [2.24, 2.45) is 0 Å². The first-order chi connectivity index (χ1) is 9.85. The minimum Gasteiger partial charge on any atom is -0.311 e. The van der Waals surface area contributed by atoms with Gasteiger partial charge in [0.2, 0.25) is 0 Å². The van der Waals surface area contributed by atoms with Crippen LogP contribution >= 0.6 is 11.8 Å². The number of nitrogens with one attached hydrogen (secondary N) is 1. The normalized spacial score (nSPS) is 23.9. The molecule has 0 amide bonds. The van der Waals surface area contributed by atoms with Crippen molar-refractivity contribution < 1.29 is 0 Å². The number of nitrogens with zero attached hydrogens (tertiary/aromatic N) is 1. The molecule has 1 heterocycles. The van der Waals surface area contributed by atoms with Crippen LogP contribution in [-0.4, -0.2) is 42.1 Å². The van der Waals surface area contributed by atoms with Crippen LogP contribution in [0.5, 0.6) is 0 Å². The molecule has 0 bridgehead atoms. The minimum absolute atomic E-state index is 0.547. The van der Waals surface area contributed by atoms with E-state index < -0.39 is 0 Å². The molecule has 0 aromatic heterocycles. The molecule has 0 aliphatic carbocycles. The highest BCUT2D eigenvalue weighted by atomic mass is 32.2. The number of benzene rings is 1. The van der Waals surface area contributed by atoms with Crippen molar-refractivity contribution in [1.29, 1.82) is 0 Å². The van der Waals surface area contributed by atoms with Gasteiger partial charge in [-0.25, -0.2) is 0 Å². The third kappa shape index (κ3) is 4.51. The topological polar surface area (TPSA) is 15.3 Å². The molecule has 2 unspecified atom stereocenters. The number of hydrogen-bond donors (Lipinski definition) is 1. The molecular weight excluding hydrogens is 264 g/mol. The molecule has 1 aliphatic rings. The van der Waals surface area contributed by atoms with Crippen LogP contribution in [0.15, 0.2) is 30.3 Å². The van der Waals surface area contributed by atoms with E-state index in [1.54, 1.807) is 0 Å². The number of piperazine rings is 1. The summed E-state index contributed by atoms with van der Waals surface area (Å²) in [6.45, 7) is 8.03. The average Bonchev–Trinajstić information content (AvgIpc) is 2.52. The first-order valence-electron chi connectivity index (χ1n) is 7.95. The summed E-state index contributed by atoms with van der Waals surface area (Å²) in [6, 6.07) is 12.2. The van der Waals surface area contributed by atoms with E-state index in [2.05, 4.69) is 66.2 Å². The summed E-state index contributed by atoms with van der Waals surface area (Å²) in [5.41, 5.74) is 1.46. The maximum atomic E-state index is 3.70. The van der Waals surface area contributed by atoms with Crippen LogP contribution in [0.1, 0.15) is 38.3 Å². The van der Waals surface area contributed by atoms with Crippen molar-refractivity contribution in [3.8, 4) is 0 Å². The number of hydrogen-bond acceptors (Lipinski definition) is 3. The monoisotopic (exact) mass is 292 g/mol. The van der Waals surface area contributed by atoms with Gasteiger partial charge in [-0.15, -0.1) is 0 Å². The van der Waals surface area contributed by atoms with Gasteiger partial charge < -0.3 is 5.32 Å². The van der Waals surface area contributed by atoms with E-state index in [-0.39, 0.29) is 0 Å². The highest BCUT2D eigenvalue weighted by Crippen LogP contribution is 2.24. The Hall–Kier alpha value is -0.510. The molecule has 2 rings (SSSR count). The second-order valence-corrected chi connectivity index (χ2v) is 6.88. The molecule has 1 fully saturated rings. The van der Waals surface area contributed by atoms with Crippen molar-refractivity contribution in [1.82, 2.24) is 10.2 Å². The van der Waals surface area contributed by atoms with Gasteiger partial charge in [-0.1, -0.05) is 44.2 Å². The number of rotatable bonds is 7. The highest BCUT2D eigenvalue weighted by Gasteiger charge is 2.27. The summed E-state index contributed by atoms with van der Waals surface area (Å²) in [5, 5.41) is 3.70. The van der Waals surface area contributed by atoms with Crippen LogP contribution in [0.2, 0.25) is 0 Å². The van der Waals surface area contributed by atoms with Crippen LogP contribution in [-0.2, 0) is 0 Å². The van der Waals surface area contributed by atoms with E-state index >= 15 is 0 Å². The molecule has 1 aromatic carbocycles. The van der Waals surface area contributed by atoms with Crippen LogP contribution in [0, 0.1) is 0 Å². The van der Waals surface area contributed by atoms with Gasteiger partial charge in [-0.3, -0.25) is 4.90 Å². The van der Waals surface area contributed by atoms with Gasteiger partial charge in [0.25, 0.3) is 0 Å². The molecule has 2 atom stereocenters. The molecule has 2 nitrogen and oxygen atoms in total. The van der Waals surface area contributed by atoms with Gasteiger partial charge >= 0.3 is 0 Å². The van der Waals surface area contributed by atoms with Crippen LogP contribution < -0.4 is 5.32 Å².